The van der Waals surface area contributed by atoms with Crippen molar-refractivity contribution in [3.05, 3.63) is 58.7 Å². The number of carbonyl (C=O) groups is 2. The van der Waals surface area contributed by atoms with Crippen molar-refractivity contribution in [3.8, 4) is 5.69 Å². The van der Waals surface area contributed by atoms with E-state index >= 15 is 0 Å². The molecule has 2 aromatic heterocycles. The van der Waals surface area contributed by atoms with Gasteiger partial charge in [0, 0.05) is 32.4 Å². The van der Waals surface area contributed by atoms with E-state index in [1.807, 2.05) is 26.0 Å². The van der Waals surface area contributed by atoms with Gasteiger partial charge in [0.05, 0.1) is 23.1 Å². The minimum absolute atomic E-state index is 0.0312. The smallest absolute Gasteiger partial charge is 0.276 e. The fraction of sp³-hybridized carbons (Fsp3) is 0.409. The maximum atomic E-state index is 13.1. The van der Waals surface area contributed by atoms with Crippen LogP contribution in [-0.4, -0.2) is 60.6 Å². The van der Waals surface area contributed by atoms with Gasteiger partial charge in [0.1, 0.15) is 0 Å². The summed E-state index contributed by atoms with van der Waals surface area (Å²) in [5.41, 5.74) is 4.61. The monoisotopic (exact) mass is 421 g/mol. The zero-order valence-electron chi connectivity index (χ0n) is 18.3. The third kappa shape index (κ3) is 4.35. The molecule has 1 aromatic carbocycles. The standard InChI is InChI=1S/C22H27N7O2/c1-14-5-6-19(15(2)11-14)29-25-16(3)20(26-29)22(31)28-9-7-18(8-10-28)24-21(30)17-12-23-27(4)13-17/h5-6,11-13,18H,7-10H2,1-4H3,(H,24,30). The van der Waals surface area contributed by atoms with E-state index in [0.717, 1.165) is 11.3 Å². The van der Waals surface area contributed by atoms with Gasteiger partial charge in [0.2, 0.25) is 0 Å². The van der Waals surface area contributed by atoms with Crippen LogP contribution in [0.25, 0.3) is 5.69 Å². The molecule has 0 saturated carbocycles. The molecule has 162 valence electrons. The second-order valence-corrected chi connectivity index (χ2v) is 8.16. The molecule has 1 fully saturated rings. The van der Waals surface area contributed by atoms with Gasteiger partial charge in [-0.25, -0.2) is 0 Å². The molecule has 0 unspecified atom stereocenters. The molecule has 0 radical (unpaired) electrons. The van der Waals surface area contributed by atoms with Gasteiger partial charge in [-0.2, -0.15) is 15.0 Å². The number of rotatable bonds is 4. The van der Waals surface area contributed by atoms with Gasteiger partial charge in [-0.3, -0.25) is 14.3 Å². The highest BCUT2D eigenvalue weighted by Gasteiger charge is 2.28. The van der Waals surface area contributed by atoms with Crippen molar-refractivity contribution in [3.63, 3.8) is 0 Å². The lowest BCUT2D eigenvalue weighted by atomic mass is 10.0. The summed E-state index contributed by atoms with van der Waals surface area (Å²) >= 11 is 0. The lowest BCUT2D eigenvalue weighted by molar-refractivity contribution is 0.0691. The van der Waals surface area contributed by atoms with Crippen LogP contribution >= 0.6 is 0 Å². The van der Waals surface area contributed by atoms with Crippen LogP contribution in [0.15, 0.2) is 30.6 Å². The van der Waals surface area contributed by atoms with Crippen LogP contribution in [-0.2, 0) is 7.05 Å². The second-order valence-electron chi connectivity index (χ2n) is 8.16. The summed E-state index contributed by atoms with van der Waals surface area (Å²) in [7, 11) is 1.78. The highest BCUT2D eigenvalue weighted by atomic mass is 16.2. The summed E-state index contributed by atoms with van der Waals surface area (Å²) in [6.45, 7) is 6.98. The molecule has 1 saturated heterocycles. The van der Waals surface area contributed by atoms with Crippen molar-refractivity contribution in [2.24, 2.45) is 7.05 Å². The van der Waals surface area contributed by atoms with Crippen molar-refractivity contribution in [1.29, 1.82) is 0 Å². The van der Waals surface area contributed by atoms with E-state index in [2.05, 4.69) is 26.7 Å². The first-order valence-electron chi connectivity index (χ1n) is 10.4. The molecule has 2 amide bonds. The first-order chi connectivity index (χ1) is 14.8. The molecule has 4 rings (SSSR count). The Morgan fingerprint density at radius 2 is 1.84 bits per heavy atom. The number of piperidine rings is 1. The summed E-state index contributed by atoms with van der Waals surface area (Å²) in [6.07, 6.45) is 4.63. The molecule has 3 aromatic rings. The van der Waals surface area contributed by atoms with Crippen molar-refractivity contribution in [1.82, 2.24) is 35.0 Å². The van der Waals surface area contributed by atoms with Gasteiger partial charge in [0.15, 0.2) is 5.69 Å². The Morgan fingerprint density at radius 3 is 2.48 bits per heavy atom. The van der Waals surface area contributed by atoms with Gasteiger partial charge < -0.3 is 10.2 Å². The number of benzene rings is 1. The van der Waals surface area contributed by atoms with E-state index < -0.39 is 0 Å². The Kier molecular flexibility index (Phi) is 5.58. The van der Waals surface area contributed by atoms with Gasteiger partial charge in [-0.05, 0) is 45.2 Å². The number of amides is 2. The van der Waals surface area contributed by atoms with Crippen molar-refractivity contribution < 1.29 is 9.59 Å². The molecule has 1 aliphatic heterocycles. The van der Waals surface area contributed by atoms with Crippen LogP contribution in [0.4, 0.5) is 0 Å². The highest BCUT2D eigenvalue weighted by molar-refractivity contribution is 5.94. The number of hydrogen-bond acceptors (Lipinski definition) is 5. The highest BCUT2D eigenvalue weighted by Crippen LogP contribution is 2.18. The lowest BCUT2D eigenvalue weighted by Gasteiger charge is -2.32. The van der Waals surface area contributed by atoms with Crippen LogP contribution < -0.4 is 5.32 Å². The fourth-order valence-electron chi connectivity index (χ4n) is 3.90. The maximum absolute atomic E-state index is 13.1. The number of carbonyl (C=O) groups excluding carboxylic acids is 2. The summed E-state index contributed by atoms with van der Waals surface area (Å²) in [5.74, 6) is -0.254. The molecule has 0 bridgehead atoms. The maximum Gasteiger partial charge on any atom is 0.276 e. The first kappa shape index (κ1) is 20.8. The molecule has 1 N–H and O–H groups in total. The van der Waals surface area contributed by atoms with E-state index in [4.69, 9.17) is 0 Å². The third-order valence-electron chi connectivity index (χ3n) is 5.64. The van der Waals surface area contributed by atoms with Gasteiger partial charge >= 0.3 is 0 Å². The summed E-state index contributed by atoms with van der Waals surface area (Å²) < 4.78 is 1.60. The van der Waals surface area contributed by atoms with E-state index in [1.54, 1.807) is 35.9 Å². The molecule has 3 heterocycles. The predicted molar refractivity (Wildman–Crippen MR) is 115 cm³/mol. The Balaban J connectivity index is 1.40. The number of likely N-dealkylation sites (tertiary alicyclic amines) is 1. The number of hydrogen-bond donors (Lipinski definition) is 1. The molecule has 0 aliphatic carbocycles. The molecule has 9 nitrogen and oxygen atoms in total. The Bertz CT molecular complexity index is 1120. The molecular weight excluding hydrogens is 394 g/mol. The van der Waals surface area contributed by atoms with Crippen LogP contribution in [0.1, 0.15) is 50.5 Å². The van der Waals surface area contributed by atoms with Gasteiger partial charge in [0.25, 0.3) is 11.8 Å². The van der Waals surface area contributed by atoms with Crippen molar-refractivity contribution in [2.75, 3.05) is 13.1 Å². The number of nitrogens with one attached hydrogen (secondary N) is 1. The molecule has 9 heteroatoms. The average molecular weight is 422 g/mol. The zero-order chi connectivity index (χ0) is 22.1. The van der Waals surface area contributed by atoms with E-state index in [1.165, 1.54) is 10.4 Å². The quantitative estimate of drug-likeness (QED) is 0.694. The predicted octanol–water partition coefficient (Wildman–Crippen LogP) is 1.96. The lowest BCUT2D eigenvalue weighted by Crippen LogP contribution is -2.46. The largest absolute Gasteiger partial charge is 0.349 e. The zero-order valence-corrected chi connectivity index (χ0v) is 18.3. The van der Waals surface area contributed by atoms with Gasteiger partial charge in [-0.1, -0.05) is 17.7 Å². The normalized spacial score (nSPS) is 14.6. The topological polar surface area (TPSA) is 97.9 Å². The fourth-order valence-corrected chi connectivity index (χ4v) is 3.90. The molecule has 1 aliphatic rings. The summed E-state index contributed by atoms with van der Waals surface area (Å²) in [6, 6.07) is 6.07. The molecule has 31 heavy (non-hydrogen) atoms. The molecule has 0 spiro atoms. The minimum atomic E-state index is -0.134. The Labute approximate surface area is 181 Å². The third-order valence-corrected chi connectivity index (χ3v) is 5.64. The van der Waals surface area contributed by atoms with Crippen LogP contribution in [0.3, 0.4) is 0 Å². The first-order valence-corrected chi connectivity index (χ1v) is 10.4. The second kappa shape index (κ2) is 8.33. The summed E-state index contributed by atoms with van der Waals surface area (Å²) in [5, 5.41) is 16.0. The number of aryl methyl sites for hydroxylation is 4. The van der Waals surface area contributed by atoms with Crippen LogP contribution in [0.5, 0.6) is 0 Å². The number of aromatic nitrogens is 5. The Morgan fingerprint density at radius 1 is 1.10 bits per heavy atom. The summed E-state index contributed by atoms with van der Waals surface area (Å²) in [4.78, 5) is 28.7. The van der Waals surface area contributed by atoms with Crippen LogP contribution in [0.2, 0.25) is 0 Å². The number of nitrogens with zero attached hydrogens (tertiary/aromatic N) is 6. The van der Waals surface area contributed by atoms with Crippen molar-refractivity contribution in [2.45, 2.75) is 39.7 Å². The molecular formula is C22H27N7O2. The SMILES string of the molecule is Cc1ccc(-n2nc(C)c(C(=O)N3CCC(NC(=O)c4cnn(C)c4)CC3)n2)c(C)c1. The van der Waals surface area contributed by atoms with Gasteiger partial charge in [-0.15, -0.1) is 5.10 Å². The van der Waals surface area contributed by atoms with Crippen LogP contribution in [0, 0.1) is 20.8 Å². The molecule has 0 atom stereocenters. The Hall–Kier alpha value is -3.49. The van der Waals surface area contributed by atoms with Crippen molar-refractivity contribution >= 4 is 11.8 Å². The van der Waals surface area contributed by atoms with E-state index in [-0.39, 0.29) is 17.9 Å². The van der Waals surface area contributed by atoms with E-state index in [0.29, 0.717) is 42.9 Å². The minimum Gasteiger partial charge on any atom is -0.349 e. The van der Waals surface area contributed by atoms with E-state index in [9.17, 15) is 9.59 Å². The average Bonchev–Trinajstić information content (AvgIpc) is 3.34.